The smallest absolute Gasteiger partial charge is 0.244 e. The molecule has 0 fully saturated rings. The zero-order chi connectivity index (χ0) is 14.1. The Hall–Kier alpha value is -0.960. The molecule has 0 bridgehead atoms. The van der Waals surface area contributed by atoms with E-state index in [0.29, 0.717) is 5.56 Å². The summed E-state index contributed by atoms with van der Waals surface area (Å²) in [6.07, 6.45) is -2.54. The number of hydrogen-bond acceptors (Lipinski definition) is 1. The fourth-order valence-electron chi connectivity index (χ4n) is 1.82. The van der Waals surface area contributed by atoms with Gasteiger partial charge in [0.15, 0.2) is 0 Å². The minimum atomic E-state index is -2.54. The normalized spacial score (nSPS) is 17.6. The predicted molar refractivity (Wildman–Crippen MR) is 69.9 cm³/mol. The van der Waals surface area contributed by atoms with Crippen molar-refractivity contribution in [1.82, 2.24) is 0 Å². The molecule has 1 aromatic carbocycles. The van der Waals surface area contributed by atoms with Crippen molar-refractivity contribution >= 4 is 0 Å². The topological polar surface area (TPSA) is 20.2 Å². The van der Waals surface area contributed by atoms with Gasteiger partial charge in [-0.2, -0.15) is 0 Å². The molecule has 0 aliphatic carbocycles. The number of benzene rings is 1. The highest BCUT2D eigenvalue weighted by atomic mass is 19.3. The highest BCUT2D eigenvalue weighted by Crippen LogP contribution is 2.34. The van der Waals surface area contributed by atoms with Gasteiger partial charge >= 0.3 is 0 Å². The summed E-state index contributed by atoms with van der Waals surface area (Å²) in [6.45, 7) is 9.06. The summed E-state index contributed by atoms with van der Waals surface area (Å²) >= 11 is 0. The Balaban J connectivity index is 3.05. The van der Waals surface area contributed by atoms with Crippen LogP contribution in [0.2, 0.25) is 0 Å². The van der Waals surface area contributed by atoms with Crippen molar-refractivity contribution in [3.8, 4) is 0 Å². The van der Waals surface area contributed by atoms with Gasteiger partial charge in [0, 0.05) is 5.92 Å². The summed E-state index contributed by atoms with van der Waals surface area (Å²) in [4.78, 5) is 0. The molecule has 0 spiro atoms. The lowest BCUT2D eigenvalue weighted by Crippen LogP contribution is -2.34. The fraction of sp³-hybridized carbons (Fsp3) is 0.600. The van der Waals surface area contributed by atoms with Crippen molar-refractivity contribution in [3.05, 3.63) is 35.4 Å². The molecule has 1 rings (SSSR count). The van der Waals surface area contributed by atoms with E-state index in [2.05, 4.69) is 20.8 Å². The average Bonchev–Trinajstić information content (AvgIpc) is 2.26. The first-order chi connectivity index (χ1) is 8.06. The Morgan fingerprint density at radius 3 is 1.67 bits per heavy atom. The molecule has 0 heterocycles. The van der Waals surface area contributed by atoms with E-state index in [1.54, 1.807) is 12.1 Å². The number of halogens is 2. The van der Waals surface area contributed by atoms with Gasteiger partial charge in [0.05, 0.1) is 5.60 Å². The second-order valence-corrected chi connectivity index (χ2v) is 6.10. The maximum atomic E-state index is 12.7. The molecule has 3 heteroatoms. The van der Waals surface area contributed by atoms with Crippen molar-refractivity contribution in [1.29, 1.82) is 0 Å². The van der Waals surface area contributed by atoms with Gasteiger partial charge < -0.3 is 5.11 Å². The second-order valence-electron chi connectivity index (χ2n) is 6.10. The van der Waals surface area contributed by atoms with E-state index in [-0.39, 0.29) is 5.41 Å². The largest absolute Gasteiger partial charge is 0.385 e. The minimum absolute atomic E-state index is 0.0126. The van der Waals surface area contributed by atoms with Gasteiger partial charge in [-0.3, -0.25) is 0 Å². The van der Waals surface area contributed by atoms with E-state index in [1.807, 2.05) is 12.1 Å². The molecule has 1 nitrogen and oxygen atoms in total. The van der Waals surface area contributed by atoms with Crippen LogP contribution in [0.1, 0.15) is 45.7 Å². The lowest BCUT2D eigenvalue weighted by Gasteiger charge is -2.31. The Morgan fingerprint density at radius 1 is 0.944 bits per heavy atom. The summed E-state index contributed by atoms with van der Waals surface area (Å²) in [5, 5.41) is 10.2. The average molecular weight is 256 g/mol. The first-order valence-electron chi connectivity index (χ1n) is 6.18. The number of aliphatic hydroxyl groups is 1. The van der Waals surface area contributed by atoms with Gasteiger partial charge in [0.2, 0.25) is 6.43 Å². The van der Waals surface area contributed by atoms with Crippen LogP contribution in [0, 0.1) is 5.92 Å². The van der Waals surface area contributed by atoms with Crippen LogP contribution in [-0.4, -0.2) is 11.5 Å². The molecule has 0 amide bonds. The van der Waals surface area contributed by atoms with E-state index in [9.17, 15) is 13.9 Å². The molecule has 1 aromatic rings. The van der Waals surface area contributed by atoms with Gasteiger partial charge in [0.25, 0.3) is 0 Å². The molecule has 102 valence electrons. The molecule has 0 aromatic heterocycles. The second kappa shape index (κ2) is 4.96. The molecule has 0 aliphatic heterocycles. The number of hydrogen-bond donors (Lipinski definition) is 1. The molecule has 0 radical (unpaired) electrons. The highest BCUT2D eigenvalue weighted by molar-refractivity contribution is 5.30. The van der Waals surface area contributed by atoms with E-state index in [4.69, 9.17) is 0 Å². The quantitative estimate of drug-likeness (QED) is 0.863. The zero-order valence-electron chi connectivity index (χ0n) is 11.7. The van der Waals surface area contributed by atoms with E-state index in [0.717, 1.165) is 5.56 Å². The standard InChI is InChI=1S/C15H22F2O/c1-10(13(16)17)15(5,18)12-8-6-11(7-9-12)14(2,3)4/h6-10,13,18H,1-5H3. The molecule has 2 atom stereocenters. The Morgan fingerprint density at radius 2 is 1.33 bits per heavy atom. The molecule has 1 N–H and O–H groups in total. The summed E-state index contributed by atoms with van der Waals surface area (Å²) < 4.78 is 25.4. The molecule has 0 saturated heterocycles. The van der Waals surface area contributed by atoms with Crippen LogP contribution in [0.5, 0.6) is 0 Å². The number of alkyl halides is 2. The van der Waals surface area contributed by atoms with Crippen LogP contribution < -0.4 is 0 Å². The minimum Gasteiger partial charge on any atom is -0.385 e. The van der Waals surface area contributed by atoms with Crippen molar-refractivity contribution in [2.24, 2.45) is 5.92 Å². The summed E-state index contributed by atoms with van der Waals surface area (Å²) in [5.41, 5.74) is 0.151. The van der Waals surface area contributed by atoms with Crippen LogP contribution in [0.25, 0.3) is 0 Å². The van der Waals surface area contributed by atoms with Crippen LogP contribution in [0.15, 0.2) is 24.3 Å². The van der Waals surface area contributed by atoms with Crippen molar-refractivity contribution in [2.45, 2.75) is 52.1 Å². The van der Waals surface area contributed by atoms with E-state index in [1.165, 1.54) is 13.8 Å². The predicted octanol–water partition coefficient (Wildman–Crippen LogP) is 4.09. The van der Waals surface area contributed by atoms with Crippen LogP contribution in [0.3, 0.4) is 0 Å². The van der Waals surface area contributed by atoms with Crippen molar-refractivity contribution in [3.63, 3.8) is 0 Å². The molecule has 0 aliphatic rings. The van der Waals surface area contributed by atoms with E-state index < -0.39 is 17.9 Å². The van der Waals surface area contributed by atoms with Crippen LogP contribution in [-0.2, 0) is 11.0 Å². The SMILES string of the molecule is CC(C(F)F)C(C)(O)c1ccc(C(C)(C)C)cc1. The third-order valence-electron chi connectivity index (χ3n) is 3.60. The van der Waals surface area contributed by atoms with Gasteiger partial charge in [-0.1, -0.05) is 52.0 Å². The Labute approximate surface area is 108 Å². The summed E-state index contributed by atoms with van der Waals surface area (Å²) in [7, 11) is 0. The monoisotopic (exact) mass is 256 g/mol. The first kappa shape index (κ1) is 15.1. The van der Waals surface area contributed by atoms with Crippen molar-refractivity contribution < 1.29 is 13.9 Å². The summed E-state index contributed by atoms with van der Waals surface area (Å²) in [6, 6.07) is 7.25. The van der Waals surface area contributed by atoms with Crippen LogP contribution >= 0.6 is 0 Å². The number of rotatable bonds is 3. The highest BCUT2D eigenvalue weighted by Gasteiger charge is 2.36. The first-order valence-corrected chi connectivity index (χ1v) is 6.18. The molecule has 18 heavy (non-hydrogen) atoms. The maximum Gasteiger partial charge on any atom is 0.244 e. The van der Waals surface area contributed by atoms with Crippen molar-refractivity contribution in [2.75, 3.05) is 0 Å². The van der Waals surface area contributed by atoms with Gasteiger partial charge in [-0.25, -0.2) is 8.78 Å². The summed E-state index contributed by atoms with van der Waals surface area (Å²) in [5.74, 6) is -1.10. The van der Waals surface area contributed by atoms with Gasteiger partial charge in [0.1, 0.15) is 0 Å². The third kappa shape index (κ3) is 3.08. The Bertz CT molecular complexity index is 388. The Kier molecular flexibility index (Phi) is 4.16. The van der Waals surface area contributed by atoms with Gasteiger partial charge in [-0.05, 0) is 23.5 Å². The lowest BCUT2D eigenvalue weighted by atomic mass is 9.81. The molecule has 0 saturated carbocycles. The van der Waals surface area contributed by atoms with Gasteiger partial charge in [-0.15, -0.1) is 0 Å². The van der Waals surface area contributed by atoms with E-state index >= 15 is 0 Å². The van der Waals surface area contributed by atoms with Crippen LogP contribution in [0.4, 0.5) is 8.78 Å². The molecule has 2 unspecified atom stereocenters. The molecular formula is C15H22F2O. The third-order valence-corrected chi connectivity index (χ3v) is 3.60. The zero-order valence-corrected chi connectivity index (χ0v) is 11.7. The molecular weight excluding hydrogens is 234 g/mol. The fourth-order valence-corrected chi connectivity index (χ4v) is 1.82. The lowest BCUT2D eigenvalue weighted by molar-refractivity contribution is -0.0696. The maximum absolute atomic E-state index is 12.7.